The molecular formula is C22H26FN3O4. The molecule has 0 aromatic heterocycles. The molecule has 2 aromatic carbocycles. The number of hydrogen-bond acceptors (Lipinski definition) is 5. The van der Waals surface area contributed by atoms with E-state index in [9.17, 15) is 14.0 Å². The molecule has 3 rings (SSSR count). The fourth-order valence-electron chi connectivity index (χ4n) is 3.16. The van der Waals surface area contributed by atoms with Gasteiger partial charge in [0.15, 0.2) is 6.61 Å². The maximum atomic E-state index is 12.9. The topological polar surface area (TPSA) is 71.1 Å². The predicted molar refractivity (Wildman–Crippen MR) is 110 cm³/mol. The molecule has 1 heterocycles. The Morgan fingerprint density at radius 2 is 1.60 bits per heavy atom. The minimum atomic E-state index is -0.343. The number of rotatable bonds is 8. The number of ether oxygens (including phenoxy) is 2. The molecule has 0 bridgehead atoms. The molecule has 0 unspecified atom stereocenters. The van der Waals surface area contributed by atoms with E-state index < -0.39 is 0 Å². The summed E-state index contributed by atoms with van der Waals surface area (Å²) in [5, 5.41) is 2.91. The summed E-state index contributed by atoms with van der Waals surface area (Å²) in [5.74, 6) is 0.624. The molecule has 0 atom stereocenters. The zero-order valence-electron chi connectivity index (χ0n) is 17.0. The van der Waals surface area contributed by atoms with Gasteiger partial charge in [0.2, 0.25) is 0 Å². The van der Waals surface area contributed by atoms with Gasteiger partial charge >= 0.3 is 0 Å². The molecule has 2 amide bonds. The predicted octanol–water partition coefficient (Wildman–Crippen LogP) is 1.79. The Hall–Kier alpha value is -3.13. The Labute approximate surface area is 175 Å². The summed E-state index contributed by atoms with van der Waals surface area (Å²) >= 11 is 0. The zero-order valence-corrected chi connectivity index (χ0v) is 17.0. The van der Waals surface area contributed by atoms with Crippen LogP contribution in [-0.4, -0.2) is 74.6 Å². The largest absolute Gasteiger partial charge is 0.497 e. The lowest BCUT2D eigenvalue weighted by molar-refractivity contribution is -0.135. The van der Waals surface area contributed by atoms with Crippen LogP contribution in [0.2, 0.25) is 0 Å². The van der Waals surface area contributed by atoms with E-state index in [4.69, 9.17) is 9.47 Å². The van der Waals surface area contributed by atoms with Gasteiger partial charge in [0.25, 0.3) is 11.8 Å². The molecule has 0 spiro atoms. The van der Waals surface area contributed by atoms with Gasteiger partial charge in [-0.25, -0.2) is 4.39 Å². The highest BCUT2D eigenvalue weighted by Gasteiger charge is 2.21. The lowest BCUT2D eigenvalue weighted by atomic mass is 10.2. The van der Waals surface area contributed by atoms with Crippen molar-refractivity contribution in [2.24, 2.45) is 0 Å². The minimum Gasteiger partial charge on any atom is -0.497 e. The summed E-state index contributed by atoms with van der Waals surface area (Å²) in [6.45, 7) is 3.88. The second-order valence-electron chi connectivity index (χ2n) is 6.95. The molecule has 160 valence electrons. The molecule has 0 saturated carbocycles. The first kappa shape index (κ1) is 21.6. The van der Waals surface area contributed by atoms with E-state index >= 15 is 0 Å². The van der Waals surface area contributed by atoms with Crippen molar-refractivity contribution in [2.75, 3.05) is 53.0 Å². The number of nitrogens with one attached hydrogen (secondary N) is 1. The first-order valence-electron chi connectivity index (χ1n) is 9.86. The van der Waals surface area contributed by atoms with Crippen LogP contribution in [-0.2, 0) is 4.79 Å². The normalized spacial score (nSPS) is 14.3. The fraction of sp³-hybridized carbons (Fsp3) is 0.364. The summed E-state index contributed by atoms with van der Waals surface area (Å²) in [6, 6.07) is 12.6. The number of halogens is 1. The second-order valence-corrected chi connectivity index (χ2v) is 6.95. The number of piperazine rings is 1. The van der Waals surface area contributed by atoms with Crippen molar-refractivity contribution in [1.82, 2.24) is 15.1 Å². The Morgan fingerprint density at radius 1 is 0.967 bits per heavy atom. The molecule has 1 aliphatic rings. The molecule has 30 heavy (non-hydrogen) atoms. The first-order chi connectivity index (χ1) is 14.5. The summed E-state index contributed by atoms with van der Waals surface area (Å²) in [5.41, 5.74) is 0.590. The fourth-order valence-corrected chi connectivity index (χ4v) is 3.16. The van der Waals surface area contributed by atoms with Crippen molar-refractivity contribution in [3.63, 3.8) is 0 Å². The maximum Gasteiger partial charge on any atom is 0.260 e. The average molecular weight is 415 g/mol. The van der Waals surface area contributed by atoms with E-state index in [0.29, 0.717) is 36.7 Å². The van der Waals surface area contributed by atoms with Crippen LogP contribution in [0.25, 0.3) is 0 Å². The van der Waals surface area contributed by atoms with E-state index in [2.05, 4.69) is 10.2 Å². The van der Waals surface area contributed by atoms with E-state index in [-0.39, 0.29) is 24.2 Å². The van der Waals surface area contributed by atoms with Crippen molar-refractivity contribution in [3.05, 3.63) is 59.9 Å². The Morgan fingerprint density at radius 3 is 2.23 bits per heavy atom. The summed E-state index contributed by atoms with van der Waals surface area (Å²) in [6.07, 6.45) is 0. The first-order valence-corrected chi connectivity index (χ1v) is 9.86. The smallest absolute Gasteiger partial charge is 0.260 e. The van der Waals surface area contributed by atoms with Gasteiger partial charge in [-0.05, 0) is 48.5 Å². The second kappa shape index (κ2) is 10.6. The number of hydrogen-bond donors (Lipinski definition) is 1. The quantitative estimate of drug-likeness (QED) is 0.712. The number of benzene rings is 2. The number of methoxy groups -OCH3 is 1. The van der Waals surface area contributed by atoms with Crippen molar-refractivity contribution in [1.29, 1.82) is 0 Å². The number of carbonyl (C=O) groups excluding carboxylic acids is 2. The van der Waals surface area contributed by atoms with Gasteiger partial charge in [-0.1, -0.05) is 0 Å². The lowest BCUT2D eigenvalue weighted by Crippen LogP contribution is -2.51. The molecule has 1 aliphatic heterocycles. The molecular weight excluding hydrogens is 389 g/mol. The van der Waals surface area contributed by atoms with Crippen molar-refractivity contribution in [2.45, 2.75) is 0 Å². The van der Waals surface area contributed by atoms with Crippen LogP contribution in [0.1, 0.15) is 10.4 Å². The summed E-state index contributed by atoms with van der Waals surface area (Å²) in [4.78, 5) is 28.4. The average Bonchev–Trinajstić information content (AvgIpc) is 2.79. The summed E-state index contributed by atoms with van der Waals surface area (Å²) in [7, 11) is 1.58. The molecule has 0 aliphatic carbocycles. The lowest BCUT2D eigenvalue weighted by Gasteiger charge is -2.34. The van der Waals surface area contributed by atoms with Crippen LogP contribution in [0, 0.1) is 5.82 Å². The molecule has 8 heteroatoms. The molecule has 1 fully saturated rings. The van der Waals surface area contributed by atoms with Gasteiger partial charge in [-0.2, -0.15) is 0 Å². The van der Waals surface area contributed by atoms with Crippen LogP contribution in [0.3, 0.4) is 0 Å². The van der Waals surface area contributed by atoms with Crippen LogP contribution in [0.15, 0.2) is 48.5 Å². The van der Waals surface area contributed by atoms with Crippen molar-refractivity contribution in [3.8, 4) is 11.5 Å². The van der Waals surface area contributed by atoms with E-state index in [0.717, 1.165) is 19.6 Å². The Kier molecular flexibility index (Phi) is 7.62. The number of nitrogens with zero attached hydrogens (tertiary/aromatic N) is 2. The number of amides is 2. The SMILES string of the molecule is COc1ccc(C(=O)NCCN2CCN(C(=O)COc3ccc(F)cc3)CC2)cc1. The van der Waals surface area contributed by atoms with Crippen LogP contribution < -0.4 is 14.8 Å². The maximum absolute atomic E-state index is 12.9. The standard InChI is InChI=1S/C22H26FN3O4/c1-29-19-6-2-17(3-7-19)22(28)24-10-11-25-12-14-26(15-13-25)21(27)16-30-20-8-4-18(23)5-9-20/h2-9H,10-16H2,1H3,(H,24,28). The van der Waals surface area contributed by atoms with Gasteiger partial charge in [-0.3, -0.25) is 14.5 Å². The van der Waals surface area contributed by atoms with Crippen molar-refractivity contribution >= 4 is 11.8 Å². The van der Waals surface area contributed by atoms with Gasteiger partial charge in [-0.15, -0.1) is 0 Å². The third-order valence-corrected chi connectivity index (χ3v) is 4.97. The Balaban J connectivity index is 1.33. The highest BCUT2D eigenvalue weighted by molar-refractivity contribution is 5.94. The molecule has 1 N–H and O–H groups in total. The van der Waals surface area contributed by atoms with Crippen LogP contribution in [0.4, 0.5) is 4.39 Å². The van der Waals surface area contributed by atoms with Crippen LogP contribution in [0.5, 0.6) is 11.5 Å². The highest BCUT2D eigenvalue weighted by atomic mass is 19.1. The third kappa shape index (κ3) is 6.18. The minimum absolute atomic E-state index is 0.0659. The van der Waals surface area contributed by atoms with Gasteiger partial charge in [0.1, 0.15) is 17.3 Å². The number of carbonyl (C=O) groups is 2. The molecule has 2 aromatic rings. The van der Waals surface area contributed by atoms with Gasteiger partial charge in [0, 0.05) is 44.8 Å². The van der Waals surface area contributed by atoms with E-state index in [1.807, 2.05) is 0 Å². The molecule has 0 radical (unpaired) electrons. The summed E-state index contributed by atoms with van der Waals surface area (Å²) < 4.78 is 23.4. The van der Waals surface area contributed by atoms with Crippen LogP contribution >= 0.6 is 0 Å². The monoisotopic (exact) mass is 415 g/mol. The van der Waals surface area contributed by atoms with E-state index in [1.54, 1.807) is 36.3 Å². The van der Waals surface area contributed by atoms with Gasteiger partial charge < -0.3 is 19.7 Å². The van der Waals surface area contributed by atoms with Crippen molar-refractivity contribution < 1.29 is 23.5 Å². The molecule has 7 nitrogen and oxygen atoms in total. The highest BCUT2D eigenvalue weighted by Crippen LogP contribution is 2.12. The van der Waals surface area contributed by atoms with E-state index in [1.165, 1.54) is 24.3 Å². The molecule has 1 saturated heterocycles. The Bertz CT molecular complexity index is 834. The van der Waals surface area contributed by atoms with Gasteiger partial charge in [0.05, 0.1) is 7.11 Å². The zero-order chi connectivity index (χ0) is 21.3. The third-order valence-electron chi connectivity index (χ3n) is 4.97.